The molecule has 0 spiro atoms. The summed E-state index contributed by atoms with van der Waals surface area (Å²) in [4.78, 5) is 3.57. The maximum absolute atomic E-state index is 12.2. The van der Waals surface area contributed by atoms with Crippen LogP contribution in [0.15, 0.2) is 12.3 Å². The van der Waals surface area contributed by atoms with Crippen LogP contribution in [0.5, 0.6) is 5.75 Å². The fourth-order valence-electron chi connectivity index (χ4n) is 0.792. The minimum atomic E-state index is -4.54. The number of nitrogens with zero attached hydrogens (tertiary/aromatic N) is 1. The average Bonchev–Trinajstić information content (AvgIpc) is 2.03. The summed E-state index contributed by atoms with van der Waals surface area (Å²) in [6.07, 6.45) is -3.75. The Morgan fingerprint density at radius 1 is 1.46 bits per heavy atom. The van der Waals surface area contributed by atoms with E-state index in [9.17, 15) is 13.2 Å². The van der Waals surface area contributed by atoms with Gasteiger partial charge in [0, 0.05) is 5.33 Å². The van der Waals surface area contributed by atoms with Gasteiger partial charge in [-0.1, -0.05) is 15.9 Å². The standard InChI is InChI=1S/C7H5BrF3NO/c8-2-4-1-5(7(9,10)11)6(13)3-12-4/h1,3,13H,2H2. The Balaban J connectivity index is 3.19. The minimum Gasteiger partial charge on any atom is -0.506 e. The molecule has 72 valence electrons. The van der Waals surface area contributed by atoms with Crippen molar-refractivity contribution >= 4 is 15.9 Å². The van der Waals surface area contributed by atoms with E-state index < -0.39 is 17.5 Å². The summed E-state index contributed by atoms with van der Waals surface area (Å²) in [5.74, 6) is -0.850. The quantitative estimate of drug-likeness (QED) is 0.783. The van der Waals surface area contributed by atoms with E-state index >= 15 is 0 Å². The van der Waals surface area contributed by atoms with Crippen molar-refractivity contribution < 1.29 is 18.3 Å². The molecule has 0 saturated heterocycles. The second-order valence-corrected chi connectivity index (χ2v) is 2.88. The summed E-state index contributed by atoms with van der Waals surface area (Å²) in [6.45, 7) is 0. The molecular formula is C7H5BrF3NO. The Bertz CT molecular complexity index is 313. The van der Waals surface area contributed by atoms with Crippen LogP contribution in [0.2, 0.25) is 0 Å². The zero-order valence-corrected chi connectivity index (χ0v) is 7.85. The first-order chi connectivity index (χ1) is 5.95. The number of hydrogen-bond donors (Lipinski definition) is 1. The Kier molecular flexibility index (Phi) is 2.80. The molecule has 0 amide bonds. The summed E-state index contributed by atoms with van der Waals surface area (Å²) in [5, 5.41) is 9.09. The van der Waals surface area contributed by atoms with Crippen molar-refractivity contribution in [2.24, 2.45) is 0 Å². The van der Waals surface area contributed by atoms with Gasteiger partial charge in [0.15, 0.2) is 0 Å². The third kappa shape index (κ3) is 2.33. The topological polar surface area (TPSA) is 33.1 Å². The number of alkyl halides is 4. The lowest BCUT2D eigenvalue weighted by molar-refractivity contribution is -0.138. The van der Waals surface area contributed by atoms with Gasteiger partial charge in [-0.3, -0.25) is 4.98 Å². The van der Waals surface area contributed by atoms with Crippen molar-refractivity contribution in [3.63, 3.8) is 0 Å². The first-order valence-corrected chi connectivity index (χ1v) is 4.38. The zero-order valence-electron chi connectivity index (χ0n) is 6.27. The lowest BCUT2D eigenvalue weighted by Gasteiger charge is -2.08. The molecular weight excluding hydrogens is 251 g/mol. The monoisotopic (exact) mass is 255 g/mol. The van der Waals surface area contributed by atoms with Crippen LogP contribution in [0.1, 0.15) is 11.3 Å². The van der Waals surface area contributed by atoms with Crippen LogP contribution in [-0.2, 0) is 11.5 Å². The van der Waals surface area contributed by atoms with E-state index in [0.29, 0.717) is 0 Å². The predicted molar refractivity (Wildman–Crippen MR) is 43.5 cm³/mol. The molecule has 0 aliphatic heterocycles. The van der Waals surface area contributed by atoms with Crippen LogP contribution in [0.3, 0.4) is 0 Å². The van der Waals surface area contributed by atoms with Crippen molar-refractivity contribution in [2.45, 2.75) is 11.5 Å². The molecule has 0 atom stereocenters. The molecule has 1 aromatic heterocycles. The third-order valence-electron chi connectivity index (χ3n) is 1.38. The molecule has 0 aliphatic carbocycles. The second kappa shape index (κ2) is 3.53. The van der Waals surface area contributed by atoms with E-state index in [0.717, 1.165) is 12.3 Å². The lowest BCUT2D eigenvalue weighted by Crippen LogP contribution is -2.06. The molecule has 1 N–H and O–H groups in total. The number of aromatic hydroxyl groups is 1. The summed E-state index contributed by atoms with van der Waals surface area (Å²) < 4.78 is 36.5. The van der Waals surface area contributed by atoms with Crippen LogP contribution >= 0.6 is 15.9 Å². The molecule has 0 aromatic carbocycles. The summed E-state index contributed by atoms with van der Waals surface area (Å²) in [7, 11) is 0. The summed E-state index contributed by atoms with van der Waals surface area (Å²) in [6, 6.07) is 0.810. The molecule has 2 nitrogen and oxygen atoms in total. The van der Waals surface area contributed by atoms with E-state index in [2.05, 4.69) is 20.9 Å². The molecule has 13 heavy (non-hydrogen) atoms. The first kappa shape index (κ1) is 10.3. The molecule has 0 bridgehead atoms. The van der Waals surface area contributed by atoms with E-state index in [1.807, 2.05) is 0 Å². The zero-order chi connectivity index (χ0) is 10.1. The molecule has 6 heteroatoms. The van der Waals surface area contributed by atoms with Crippen LogP contribution in [0.4, 0.5) is 13.2 Å². The number of pyridine rings is 1. The maximum Gasteiger partial charge on any atom is 0.420 e. The number of aromatic nitrogens is 1. The Morgan fingerprint density at radius 3 is 2.54 bits per heavy atom. The van der Waals surface area contributed by atoms with Gasteiger partial charge in [0.2, 0.25) is 0 Å². The molecule has 1 aromatic rings. The lowest BCUT2D eigenvalue weighted by atomic mass is 10.2. The van der Waals surface area contributed by atoms with Gasteiger partial charge in [0.05, 0.1) is 11.9 Å². The number of hydrogen-bond acceptors (Lipinski definition) is 2. The molecule has 0 fully saturated rings. The van der Waals surface area contributed by atoms with Gasteiger partial charge in [-0.2, -0.15) is 13.2 Å². The first-order valence-electron chi connectivity index (χ1n) is 3.26. The molecule has 1 heterocycles. The predicted octanol–water partition coefficient (Wildman–Crippen LogP) is 2.70. The third-order valence-corrected chi connectivity index (χ3v) is 1.96. The van der Waals surface area contributed by atoms with Gasteiger partial charge in [-0.25, -0.2) is 0 Å². The van der Waals surface area contributed by atoms with Crippen LogP contribution in [0, 0.1) is 0 Å². The van der Waals surface area contributed by atoms with E-state index in [1.54, 1.807) is 0 Å². The van der Waals surface area contributed by atoms with Gasteiger partial charge in [-0.05, 0) is 6.07 Å². The van der Waals surface area contributed by atoms with E-state index in [4.69, 9.17) is 5.11 Å². The highest BCUT2D eigenvalue weighted by molar-refractivity contribution is 9.08. The van der Waals surface area contributed by atoms with Crippen LogP contribution in [0.25, 0.3) is 0 Å². The van der Waals surface area contributed by atoms with Crippen molar-refractivity contribution in [2.75, 3.05) is 0 Å². The number of halogens is 4. The van der Waals surface area contributed by atoms with Crippen molar-refractivity contribution in [3.8, 4) is 5.75 Å². The van der Waals surface area contributed by atoms with Crippen LogP contribution in [-0.4, -0.2) is 10.1 Å². The Hall–Kier alpha value is -0.780. The fourth-order valence-corrected chi connectivity index (χ4v) is 1.10. The largest absolute Gasteiger partial charge is 0.506 e. The Labute approximate surface area is 80.5 Å². The highest BCUT2D eigenvalue weighted by Crippen LogP contribution is 2.35. The van der Waals surface area contributed by atoms with Gasteiger partial charge in [-0.15, -0.1) is 0 Å². The summed E-state index contributed by atoms with van der Waals surface area (Å²) >= 11 is 2.97. The SMILES string of the molecule is Oc1cnc(CBr)cc1C(F)(F)F. The highest BCUT2D eigenvalue weighted by atomic mass is 79.9. The highest BCUT2D eigenvalue weighted by Gasteiger charge is 2.34. The van der Waals surface area contributed by atoms with Crippen molar-refractivity contribution in [1.29, 1.82) is 0 Å². The molecule has 1 rings (SSSR count). The van der Waals surface area contributed by atoms with Gasteiger partial charge >= 0.3 is 6.18 Å². The van der Waals surface area contributed by atoms with Gasteiger partial charge in [0.25, 0.3) is 0 Å². The molecule has 0 saturated carbocycles. The molecule has 0 unspecified atom stereocenters. The average molecular weight is 256 g/mol. The van der Waals surface area contributed by atoms with Crippen molar-refractivity contribution in [1.82, 2.24) is 4.98 Å². The van der Waals surface area contributed by atoms with E-state index in [1.165, 1.54) is 0 Å². The molecule has 0 aliphatic rings. The maximum atomic E-state index is 12.2. The van der Waals surface area contributed by atoms with Gasteiger partial charge in [0.1, 0.15) is 11.3 Å². The van der Waals surface area contributed by atoms with Crippen molar-refractivity contribution in [3.05, 3.63) is 23.5 Å². The smallest absolute Gasteiger partial charge is 0.420 e. The van der Waals surface area contributed by atoms with Crippen LogP contribution < -0.4 is 0 Å². The fraction of sp³-hybridized carbons (Fsp3) is 0.286. The molecule has 0 radical (unpaired) electrons. The number of rotatable bonds is 1. The van der Waals surface area contributed by atoms with E-state index in [-0.39, 0.29) is 11.0 Å². The Morgan fingerprint density at radius 2 is 2.08 bits per heavy atom. The second-order valence-electron chi connectivity index (χ2n) is 2.32. The van der Waals surface area contributed by atoms with Gasteiger partial charge < -0.3 is 5.11 Å². The normalized spacial score (nSPS) is 11.7. The summed E-state index contributed by atoms with van der Waals surface area (Å²) in [5.41, 5.74) is -0.831. The minimum absolute atomic E-state index is 0.219.